The van der Waals surface area contributed by atoms with E-state index in [0.717, 1.165) is 32.0 Å². The highest BCUT2D eigenvalue weighted by Crippen LogP contribution is 2.18. The maximum absolute atomic E-state index is 12.2. The molecule has 1 fully saturated rings. The van der Waals surface area contributed by atoms with Gasteiger partial charge in [0.05, 0.1) is 12.6 Å². The summed E-state index contributed by atoms with van der Waals surface area (Å²) in [6, 6.07) is 10.1. The van der Waals surface area contributed by atoms with Crippen LogP contribution in [0.5, 0.6) is 0 Å². The minimum atomic E-state index is 0.0808. The Kier molecular flexibility index (Phi) is 5.25. The highest BCUT2D eigenvalue weighted by Gasteiger charge is 2.20. The van der Waals surface area contributed by atoms with Gasteiger partial charge in [-0.15, -0.1) is 11.3 Å². The molecule has 0 aliphatic carbocycles. The first-order chi connectivity index (χ1) is 11.2. The fourth-order valence-electron chi connectivity index (χ4n) is 2.77. The summed E-state index contributed by atoms with van der Waals surface area (Å²) in [5.41, 5.74) is 0. The van der Waals surface area contributed by atoms with Gasteiger partial charge in [0.1, 0.15) is 5.82 Å². The summed E-state index contributed by atoms with van der Waals surface area (Å²) in [6.07, 6.45) is 1.82. The molecule has 1 aliphatic rings. The normalized spacial score (nSPS) is 17.0. The minimum Gasteiger partial charge on any atom is -0.354 e. The number of aromatic nitrogens is 1. The van der Waals surface area contributed by atoms with Gasteiger partial charge in [0.15, 0.2) is 0 Å². The molecule has 0 radical (unpaired) electrons. The maximum Gasteiger partial charge on any atom is 0.234 e. The number of hydrogen-bond donors (Lipinski definition) is 1. The lowest BCUT2D eigenvalue weighted by Gasteiger charge is -2.35. The topological polar surface area (TPSA) is 48.5 Å². The molecular formula is C17H22N4OS. The monoisotopic (exact) mass is 330 g/mol. The molecule has 23 heavy (non-hydrogen) atoms. The van der Waals surface area contributed by atoms with Gasteiger partial charge in [0.2, 0.25) is 5.91 Å². The Balaban J connectivity index is 1.44. The first-order valence-electron chi connectivity index (χ1n) is 7.93. The van der Waals surface area contributed by atoms with Gasteiger partial charge in [-0.2, -0.15) is 0 Å². The number of thiophene rings is 1. The zero-order valence-corrected chi connectivity index (χ0v) is 14.1. The molecule has 2 aromatic heterocycles. The van der Waals surface area contributed by atoms with Crippen molar-refractivity contribution in [3.05, 3.63) is 46.8 Å². The zero-order valence-electron chi connectivity index (χ0n) is 13.3. The van der Waals surface area contributed by atoms with Gasteiger partial charge in [-0.05, 0) is 30.5 Å². The lowest BCUT2D eigenvalue weighted by atomic mass is 10.2. The second-order valence-corrected chi connectivity index (χ2v) is 6.74. The molecule has 0 aromatic carbocycles. The summed E-state index contributed by atoms with van der Waals surface area (Å²) in [7, 11) is 0. The Morgan fingerprint density at radius 3 is 2.74 bits per heavy atom. The second-order valence-electron chi connectivity index (χ2n) is 5.76. The lowest BCUT2D eigenvalue weighted by molar-refractivity contribution is -0.122. The smallest absolute Gasteiger partial charge is 0.234 e. The van der Waals surface area contributed by atoms with Crippen LogP contribution in [0.15, 0.2) is 41.9 Å². The molecule has 1 atom stereocenters. The number of nitrogens with zero attached hydrogens (tertiary/aromatic N) is 3. The van der Waals surface area contributed by atoms with Crippen LogP contribution in [0.1, 0.15) is 17.8 Å². The van der Waals surface area contributed by atoms with Crippen LogP contribution in [0.3, 0.4) is 0 Å². The van der Waals surface area contributed by atoms with Gasteiger partial charge in [-0.3, -0.25) is 9.69 Å². The fraction of sp³-hybridized carbons (Fsp3) is 0.412. The van der Waals surface area contributed by atoms with Crippen molar-refractivity contribution in [2.45, 2.75) is 13.0 Å². The minimum absolute atomic E-state index is 0.0808. The number of anilines is 1. The predicted molar refractivity (Wildman–Crippen MR) is 93.8 cm³/mol. The van der Waals surface area contributed by atoms with Crippen LogP contribution in [0.4, 0.5) is 5.82 Å². The average Bonchev–Trinajstić information content (AvgIpc) is 3.11. The Morgan fingerprint density at radius 1 is 1.26 bits per heavy atom. The highest BCUT2D eigenvalue weighted by atomic mass is 32.1. The summed E-state index contributed by atoms with van der Waals surface area (Å²) in [5.74, 6) is 1.11. The summed E-state index contributed by atoms with van der Waals surface area (Å²) >= 11 is 1.68. The number of nitrogens with one attached hydrogen (secondary N) is 1. The van der Waals surface area contributed by atoms with Crippen LogP contribution in [-0.4, -0.2) is 48.5 Å². The zero-order chi connectivity index (χ0) is 16.1. The largest absolute Gasteiger partial charge is 0.354 e. The predicted octanol–water partition coefficient (Wildman–Crippen LogP) is 2.14. The van der Waals surface area contributed by atoms with Gasteiger partial charge in [-0.25, -0.2) is 4.98 Å². The fourth-order valence-corrected chi connectivity index (χ4v) is 3.51. The van der Waals surface area contributed by atoms with E-state index in [1.165, 1.54) is 4.88 Å². The molecule has 1 unspecified atom stereocenters. The van der Waals surface area contributed by atoms with E-state index >= 15 is 0 Å². The summed E-state index contributed by atoms with van der Waals surface area (Å²) in [5, 5.41) is 5.11. The first kappa shape index (κ1) is 16.0. The van der Waals surface area contributed by atoms with Crippen molar-refractivity contribution in [3.8, 4) is 0 Å². The van der Waals surface area contributed by atoms with E-state index in [9.17, 15) is 4.79 Å². The molecule has 5 nitrogen and oxygen atoms in total. The van der Waals surface area contributed by atoms with E-state index in [0.29, 0.717) is 6.54 Å². The molecule has 6 heteroatoms. The van der Waals surface area contributed by atoms with E-state index in [2.05, 4.69) is 26.2 Å². The molecular weight excluding hydrogens is 308 g/mol. The van der Waals surface area contributed by atoms with E-state index in [1.807, 2.05) is 42.8 Å². The summed E-state index contributed by atoms with van der Waals surface area (Å²) in [6.45, 7) is 6.08. The Hall–Kier alpha value is -1.92. The van der Waals surface area contributed by atoms with Gasteiger partial charge < -0.3 is 10.2 Å². The van der Waals surface area contributed by atoms with Crippen LogP contribution in [0, 0.1) is 0 Å². The Morgan fingerprint density at radius 2 is 2.09 bits per heavy atom. The molecule has 3 heterocycles. The van der Waals surface area contributed by atoms with E-state index in [1.54, 1.807) is 11.3 Å². The number of amides is 1. The number of carbonyl (C=O) groups is 1. The van der Waals surface area contributed by atoms with E-state index < -0.39 is 0 Å². The molecule has 122 valence electrons. The third-order valence-corrected chi connectivity index (χ3v) is 5.12. The molecule has 1 N–H and O–H groups in total. The highest BCUT2D eigenvalue weighted by molar-refractivity contribution is 7.10. The Bertz CT molecular complexity index is 609. The number of hydrogen-bond acceptors (Lipinski definition) is 5. The third kappa shape index (κ3) is 4.30. The van der Waals surface area contributed by atoms with Crippen molar-refractivity contribution in [3.63, 3.8) is 0 Å². The first-order valence-corrected chi connectivity index (χ1v) is 8.81. The molecule has 2 aromatic rings. The summed E-state index contributed by atoms with van der Waals surface area (Å²) in [4.78, 5) is 22.2. The van der Waals surface area contributed by atoms with Gasteiger partial charge in [-0.1, -0.05) is 12.1 Å². The standard InChI is InChI=1S/C17H22N4OS/c1-14(15-5-4-12-23-15)19-17(22)13-20-8-10-21(11-9-20)16-6-2-3-7-18-16/h2-7,12,14H,8-11,13H2,1H3,(H,19,22). The van der Waals surface area contributed by atoms with Crippen molar-refractivity contribution < 1.29 is 4.79 Å². The maximum atomic E-state index is 12.2. The van der Waals surface area contributed by atoms with Crippen LogP contribution in [0.25, 0.3) is 0 Å². The van der Waals surface area contributed by atoms with Gasteiger partial charge >= 0.3 is 0 Å². The SMILES string of the molecule is CC(NC(=O)CN1CCN(c2ccccn2)CC1)c1cccs1. The van der Waals surface area contributed by atoms with Crippen LogP contribution in [-0.2, 0) is 4.79 Å². The van der Waals surface area contributed by atoms with Gasteiger partial charge in [0.25, 0.3) is 0 Å². The number of pyridine rings is 1. The lowest BCUT2D eigenvalue weighted by Crippen LogP contribution is -2.49. The molecule has 3 rings (SSSR count). The molecule has 0 saturated carbocycles. The van der Waals surface area contributed by atoms with Crippen molar-refractivity contribution >= 4 is 23.1 Å². The van der Waals surface area contributed by atoms with Crippen molar-refractivity contribution in [2.24, 2.45) is 0 Å². The second kappa shape index (κ2) is 7.57. The number of rotatable bonds is 5. The quantitative estimate of drug-likeness (QED) is 0.912. The van der Waals surface area contributed by atoms with E-state index in [4.69, 9.17) is 0 Å². The average molecular weight is 330 g/mol. The molecule has 0 bridgehead atoms. The van der Waals surface area contributed by atoms with Crippen molar-refractivity contribution in [2.75, 3.05) is 37.6 Å². The number of carbonyl (C=O) groups excluding carboxylic acids is 1. The van der Waals surface area contributed by atoms with Crippen molar-refractivity contribution in [1.29, 1.82) is 0 Å². The molecule has 1 saturated heterocycles. The van der Waals surface area contributed by atoms with Crippen molar-refractivity contribution in [1.82, 2.24) is 15.2 Å². The number of piperazine rings is 1. The summed E-state index contributed by atoms with van der Waals surface area (Å²) < 4.78 is 0. The Labute approximate surface area is 140 Å². The van der Waals surface area contributed by atoms with Crippen LogP contribution >= 0.6 is 11.3 Å². The van der Waals surface area contributed by atoms with Crippen LogP contribution in [0.2, 0.25) is 0 Å². The third-order valence-electron chi connectivity index (χ3n) is 4.06. The van der Waals surface area contributed by atoms with Crippen LogP contribution < -0.4 is 10.2 Å². The van der Waals surface area contributed by atoms with E-state index in [-0.39, 0.29) is 11.9 Å². The molecule has 1 amide bonds. The van der Waals surface area contributed by atoms with Gasteiger partial charge in [0, 0.05) is 37.3 Å². The molecule has 0 spiro atoms. The molecule has 1 aliphatic heterocycles.